The van der Waals surface area contributed by atoms with Crippen molar-refractivity contribution in [3.05, 3.63) is 63.9 Å². The van der Waals surface area contributed by atoms with Gasteiger partial charge in [-0.15, -0.1) is 11.3 Å². The number of rotatable bonds is 4. The van der Waals surface area contributed by atoms with Gasteiger partial charge in [-0.3, -0.25) is 4.72 Å². The Hall–Kier alpha value is -1.89. The molecule has 4 nitrogen and oxygen atoms in total. The second-order valence-electron chi connectivity index (χ2n) is 4.83. The monoisotopic (exact) mass is 364 g/mol. The first kappa shape index (κ1) is 16.0. The third-order valence-electron chi connectivity index (χ3n) is 3.19. The average molecular weight is 365 g/mol. The van der Waals surface area contributed by atoms with E-state index >= 15 is 0 Å². The first-order chi connectivity index (χ1) is 11.0. The van der Waals surface area contributed by atoms with Crippen molar-refractivity contribution in [3.63, 3.8) is 0 Å². The molecule has 1 aromatic heterocycles. The molecule has 2 aromatic carbocycles. The van der Waals surface area contributed by atoms with Crippen molar-refractivity contribution in [3.8, 4) is 11.3 Å². The Bertz CT molecular complexity index is 952. The van der Waals surface area contributed by atoms with Crippen LogP contribution in [0.2, 0.25) is 5.02 Å². The Morgan fingerprint density at radius 3 is 2.48 bits per heavy atom. The van der Waals surface area contributed by atoms with Crippen LogP contribution in [-0.2, 0) is 10.0 Å². The highest BCUT2D eigenvalue weighted by molar-refractivity contribution is 7.92. The predicted octanol–water partition coefficient (Wildman–Crippen LogP) is 4.57. The predicted molar refractivity (Wildman–Crippen MR) is 94.5 cm³/mol. The van der Waals surface area contributed by atoms with Crippen molar-refractivity contribution in [2.45, 2.75) is 11.8 Å². The van der Waals surface area contributed by atoms with Gasteiger partial charge in [-0.25, -0.2) is 13.4 Å². The van der Waals surface area contributed by atoms with Gasteiger partial charge in [0.25, 0.3) is 10.0 Å². The van der Waals surface area contributed by atoms with E-state index in [0.29, 0.717) is 5.69 Å². The van der Waals surface area contributed by atoms with Gasteiger partial charge in [0, 0.05) is 10.9 Å². The molecule has 0 atom stereocenters. The highest BCUT2D eigenvalue weighted by atomic mass is 35.5. The van der Waals surface area contributed by atoms with Crippen LogP contribution in [0.1, 0.15) is 5.01 Å². The number of hydrogen-bond acceptors (Lipinski definition) is 4. The lowest BCUT2D eigenvalue weighted by molar-refractivity contribution is 0.601. The molecular formula is C16H13ClN2O2S2. The quantitative estimate of drug-likeness (QED) is 0.737. The van der Waals surface area contributed by atoms with E-state index in [9.17, 15) is 8.42 Å². The minimum atomic E-state index is -3.77. The van der Waals surface area contributed by atoms with Crippen molar-refractivity contribution >= 4 is 38.6 Å². The fourth-order valence-corrected chi connectivity index (χ4v) is 4.36. The highest BCUT2D eigenvalue weighted by Gasteiger charge is 2.19. The molecule has 0 amide bonds. The number of thiazole rings is 1. The summed E-state index contributed by atoms with van der Waals surface area (Å²) in [5.41, 5.74) is 1.94. The Morgan fingerprint density at radius 1 is 1.09 bits per heavy atom. The van der Waals surface area contributed by atoms with E-state index in [-0.39, 0.29) is 9.92 Å². The number of halogens is 1. The molecule has 3 rings (SSSR count). The van der Waals surface area contributed by atoms with Crippen LogP contribution in [0.25, 0.3) is 11.3 Å². The molecule has 1 heterocycles. The summed E-state index contributed by atoms with van der Waals surface area (Å²) in [7, 11) is -3.77. The first-order valence-electron chi connectivity index (χ1n) is 6.76. The fraction of sp³-hybridized carbons (Fsp3) is 0.0625. The number of hydrogen-bond donors (Lipinski definition) is 1. The van der Waals surface area contributed by atoms with Crippen LogP contribution in [0.15, 0.2) is 58.8 Å². The topological polar surface area (TPSA) is 59.1 Å². The minimum Gasteiger partial charge on any atom is -0.279 e. The van der Waals surface area contributed by atoms with E-state index < -0.39 is 10.0 Å². The summed E-state index contributed by atoms with van der Waals surface area (Å²) in [5.74, 6) is 0. The molecule has 0 aliphatic heterocycles. The molecule has 0 aliphatic carbocycles. The number of benzene rings is 2. The van der Waals surface area contributed by atoms with Crippen LogP contribution < -0.4 is 4.72 Å². The summed E-state index contributed by atoms with van der Waals surface area (Å²) >= 11 is 7.52. The Kier molecular flexibility index (Phi) is 4.39. The smallest absolute Gasteiger partial charge is 0.263 e. The standard InChI is InChI=1S/C16H13ClN2O2S2/c1-11-18-15(10-22-11)12-6-2-4-8-14(12)19-23(20,21)16-9-5-3-7-13(16)17/h2-10,19H,1H3. The van der Waals surface area contributed by atoms with Gasteiger partial charge < -0.3 is 0 Å². The number of anilines is 1. The van der Waals surface area contributed by atoms with Crippen molar-refractivity contribution in [1.29, 1.82) is 0 Å². The van der Waals surface area contributed by atoms with Gasteiger partial charge in [0.05, 0.1) is 21.4 Å². The zero-order valence-corrected chi connectivity index (χ0v) is 14.5. The molecule has 0 bridgehead atoms. The zero-order chi connectivity index (χ0) is 16.4. The van der Waals surface area contributed by atoms with E-state index in [4.69, 9.17) is 11.6 Å². The molecule has 0 saturated heterocycles. The van der Waals surface area contributed by atoms with Gasteiger partial charge in [-0.2, -0.15) is 0 Å². The van der Waals surface area contributed by atoms with Crippen molar-refractivity contribution in [2.24, 2.45) is 0 Å². The van der Waals surface area contributed by atoms with Crippen LogP contribution in [0, 0.1) is 6.92 Å². The van der Waals surface area contributed by atoms with E-state index in [1.807, 2.05) is 24.4 Å². The molecule has 0 aliphatic rings. The molecular weight excluding hydrogens is 352 g/mol. The Morgan fingerprint density at radius 2 is 1.78 bits per heavy atom. The van der Waals surface area contributed by atoms with Crippen molar-refractivity contribution < 1.29 is 8.42 Å². The van der Waals surface area contributed by atoms with Gasteiger partial charge in [0.1, 0.15) is 4.90 Å². The van der Waals surface area contributed by atoms with E-state index in [1.165, 1.54) is 17.4 Å². The molecule has 118 valence electrons. The lowest BCUT2D eigenvalue weighted by atomic mass is 10.1. The lowest BCUT2D eigenvalue weighted by Gasteiger charge is -2.12. The van der Waals surface area contributed by atoms with Crippen LogP contribution >= 0.6 is 22.9 Å². The summed E-state index contributed by atoms with van der Waals surface area (Å²) < 4.78 is 27.8. The fourth-order valence-electron chi connectivity index (χ4n) is 2.15. The maximum Gasteiger partial charge on any atom is 0.263 e. The molecule has 3 aromatic rings. The number of aromatic nitrogens is 1. The summed E-state index contributed by atoms with van der Waals surface area (Å²) in [5, 5.41) is 3.00. The number of para-hydroxylation sites is 1. The summed E-state index contributed by atoms with van der Waals surface area (Å²) in [4.78, 5) is 4.47. The molecule has 23 heavy (non-hydrogen) atoms. The summed E-state index contributed by atoms with van der Waals surface area (Å²) in [6.45, 7) is 1.91. The van der Waals surface area contributed by atoms with Gasteiger partial charge >= 0.3 is 0 Å². The average Bonchev–Trinajstić information content (AvgIpc) is 2.94. The molecule has 0 spiro atoms. The second kappa shape index (κ2) is 6.31. The van der Waals surface area contributed by atoms with Gasteiger partial charge in [-0.1, -0.05) is 41.9 Å². The Balaban J connectivity index is 2.03. The molecule has 0 fully saturated rings. The second-order valence-corrected chi connectivity index (χ2v) is 7.95. The third-order valence-corrected chi connectivity index (χ3v) is 5.83. The number of nitrogens with one attached hydrogen (secondary N) is 1. The largest absolute Gasteiger partial charge is 0.279 e. The SMILES string of the molecule is Cc1nc(-c2ccccc2NS(=O)(=O)c2ccccc2Cl)cs1. The molecule has 0 unspecified atom stereocenters. The van der Waals surface area contributed by atoms with Crippen molar-refractivity contribution in [1.82, 2.24) is 4.98 Å². The zero-order valence-electron chi connectivity index (χ0n) is 12.2. The molecule has 0 radical (unpaired) electrons. The first-order valence-corrected chi connectivity index (χ1v) is 9.50. The number of aryl methyl sites for hydroxylation is 1. The minimum absolute atomic E-state index is 0.0472. The third kappa shape index (κ3) is 3.39. The number of sulfonamides is 1. The lowest BCUT2D eigenvalue weighted by Crippen LogP contribution is -2.14. The van der Waals surface area contributed by atoms with Crippen LogP contribution in [0.5, 0.6) is 0 Å². The maximum absolute atomic E-state index is 12.6. The van der Waals surface area contributed by atoms with Crippen LogP contribution in [0.3, 0.4) is 0 Å². The van der Waals surface area contributed by atoms with Crippen LogP contribution in [0.4, 0.5) is 5.69 Å². The molecule has 1 N–H and O–H groups in total. The molecule has 7 heteroatoms. The Labute approximate surface area is 143 Å². The normalized spacial score (nSPS) is 11.4. The van der Waals surface area contributed by atoms with E-state index in [2.05, 4.69) is 9.71 Å². The van der Waals surface area contributed by atoms with Gasteiger partial charge in [0.15, 0.2) is 0 Å². The van der Waals surface area contributed by atoms with Crippen LogP contribution in [-0.4, -0.2) is 13.4 Å². The summed E-state index contributed by atoms with van der Waals surface area (Å²) in [6, 6.07) is 13.5. The van der Waals surface area contributed by atoms with E-state index in [1.54, 1.807) is 30.3 Å². The maximum atomic E-state index is 12.6. The van der Waals surface area contributed by atoms with Gasteiger partial charge in [0.2, 0.25) is 0 Å². The number of nitrogens with zero attached hydrogens (tertiary/aromatic N) is 1. The summed E-state index contributed by atoms with van der Waals surface area (Å²) in [6.07, 6.45) is 0. The molecule has 0 saturated carbocycles. The van der Waals surface area contributed by atoms with Gasteiger partial charge in [-0.05, 0) is 25.1 Å². The highest BCUT2D eigenvalue weighted by Crippen LogP contribution is 2.31. The van der Waals surface area contributed by atoms with E-state index in [0.717, 1.165) is 16.3 Å². The van der Waals surface area contributed by atoms with Crippen molar-refractivity contribution in [2.75, 3.05) is 4.72 Å².